The van der Waals surface area contributed by atoms with Crippen molar-refractivity contribution in [1.29, 1.82) is 0 Å². The summed E-state index contributed by atoms with van der Waals surface area (Å²) in [6.45, 7) is 1.13. The van der Waals surface area contributed by atoms with Crippen molar-refractivity contribution in [2.24, 2.45) is 5.92 Å². The molecule has 0 aliphatic heterocycles. The molecule has 1 aromatic rings. The molecule has 0 amide bonds. The number of carbonyl (C=O) groups is 1. The molecule has 96 valence electrons. The van der Waals surface area contributed by atoms with Crippen molar-refractivity contribution < 1.29 is 9.90 Å². The van der Waals surface area contributed by atoms with Crippen LogP contribution in [-0.4, -0.2) is 23.7 Å². The van der Waals surface area contributed by atoms with Gasteiger partial charge in [-0.3, -0.25) is 0 Å². The molecule has 0 aromatic heterocycles. The van der Waals surface area contributed by atoms with Crippen molar-refractivity contribution in [3.05, 3.63) is 28.2 Å². The number of benzene rings is 1. The average molecular weight is 310 g/mol. The summed E-state index contributed by atoms with van der Waals surface area (Å²) in [5.41, 5.74) is 1.49. The van der Waals surface area contributed by atoms with Gasteiger partial charge >= 0.3 is 5.97 Å². The van der Waals surface area contributed by atoms with Crippen molar-refractivity contribution in [3.63, 3.8) is 0 Å². The van der Waals surface area contributed by atoms with Gasteiger partial charge in [0, 0.05) is 22.7 Å². The Morgan fingerprint density at radius 2 is 2.06 bits per heavy atom. The lowest BCUT2D eigenvalue weighted by atomic mass is 10.2. The molecule has 2 fully saturated rings. The fraction of sp³-hybridized carbons (Fsp3) is 0.500. The number of anilines is 1. The van der Waals surface area contributed by atoms with Crippen molar-refractivity contribution >= 4 is 27.6 Å². The monoisotopic (exact) mass is 309 g/mol. The Labute approximate surface area is 115 Å². The van der Waals surface area contributed by atoms with Crippen LogP contribution in [0.4, 0.5) is 5.69 Å². The van der Waals surface area contributed by atoms with E-state index in [9.17, 15) is 4.79 Å². The summed E-state index contributed by atoms with van der Waals surface area (Å²) in [4.78, 5) is 13.4. The first-order valence-corrected chi connectivity index (χ1v) is 7.24. The molecule has 3 nitrogen and oxygen atoms in total. The van der Waals surface area contributed by atoms with Gasteiger partial charge in [-0.2, -0.15) is 0 Å². The Morgan fingerprint density at radius 1 is 1.33 bits per heavy atom. The van der Waals surface area contributed by atoms with Crippen LogP contribution in [0, 0.1) is 5.92 Å². The second-order valence-corrected chi connectivity index (χ2v) is 6.15. The lowest BCUT2D eigenvalue weighted by Gasteiger charge is -2.25. The molecule has 0 heterocycles. The number of nitrogens with zero attached hydrogens (tertiary/aromatic N) is 1. The second kappa shape index (κ2) is 4.57. The van der Waals surface area contributed by atoms with Crippen molar-refractivity contribution in [1.82, 2.24) is 0 Å². The maximum atomic E-state index is 11.0. The summed E-state index contributed by atoms with van der Waals surface area (Å²) < 4.78 is 0.675. The van der Waals surface area contributed by atoms with E-state index in [1.807, 2.05) is 12.1 Å². The second-order valence-electron chi connectivity index (χ2n) is 5.30. The molecule has 2 aliphatic rings. The van der Waals surface area contributed by atoms with Gasteiger partial charge in [-0.15, -0.1) is 0 Å². The molecule has 2 aliphatic carbocycles. The van der Waals surface area contributed by atoms with Gasteiger partial charge in [-0.25, -0.2) is 4.79 Å². The third-order valence-electron chi connectivity index (χ3n) is 3.65. The number of carboxylic acid groups (broad SMARTS) is 1. The zero-order valence-corrected chi connectivity index (χ0v) is 11.7. The van der Waals surface area contributed by atoms with Crippen LogP contribution in [0.25, 0.3) is 0 Å². The van der Waals surface area contributed by atoms with Gasteiger partial charge in [0.05, 0.1) is 5.56 Å². The maximum absolute atomic E-state index is 11.0. The Hall–Kier alpha value is -1.03. The minimum absolute atomic E-state index is 0.334. The SMILES string of the molecule is O=C(O)c1ccc(N(CC2CC2)C2CC2)cc1Br. The number of aromatic carboxylic acids is 1. The molecule has 3 rings (SSSR count). The molecule has 0 spiro atoms. The maximum Gasteiger partial charge on any atom is 0.336 e. The van der Waals surface area contributed by atoms with Gasteiger partial charge in [0.15, 0.2) is 0 Å². The minimum Gasteiger partial charge on any atom is -0.478 e. The topological polar surface area (TPSA) is 40.5 Å². The first-order valence-electron chi connectivity index (χ1n) is 6.44. The third-order valence-corrected chi connectivity index (χ3v) is 4.31. The fourth-order valence-corrected chi connectivity index (χ4v) is 2.82. The highest BCUT2D eigenvalue weighted by Gasteiger charge is 2.34. The average Bonchev–Trinajstić information content (AvgIpc) is 3.18. The molecular weight excluding hydrogens is 294 g/mol. The van der Waals surface area contributed by atoms with Gasteiger partial charge in [-0.1, -0.05) is 0 Å². The van der Waals surface area contributed by atoms with Crippen LogP contribution >= 0.6 is 15.9 Å². The summed E-state index contributed by atoms with van der Waals surface area (Å²) in [7, 11) is 0. The molecule has 0 unspecified atom stereocenters. The highest BCUT2D eigenvalue weighted by atomic mass is 79.9. The fourth-order valence-electron chi connectivity index (χ4n) is 2.29. The lowest BCUT2D eigenvalue weighted by Crippen LogP contribution is -2.28. The first-order chi connectivity index (χ1) is 8.65. The molecule has 4 heteroatoms. The molecule has 0 bridgehead atoms. The summed E-state index contributed by atoms with van der Waals surface area (Å²) in [6.07, 6.45) is 5.23. The molecule has 1 aromatic carbocycles. The Balaban J connectivity index is 1.84. The highest BCUT2D eigenvalue weighted by Crippen LogP contribution is 2.38. The Morgan fingerprint density at radius 3 is 2.56 bits per heavy atom. The van der Waals surface area contributed by atoms with Gasteiger partial charge < -0.3 is 10.0 Å². The summed E-state index contributed by atoms with van der Waals surface area (Å²) in [6, 6.07) is 6.26. The van der Waals surface area contributed by atoms with E-state index in [1.165, 1.54) is 25.7 Å². The van der Waals surface area contributed by atoms with Gasteiger partial charge in [0.2, 0.25) is 0 Å². The van der Waals surface area contributed by atoms with Crippen LogP contribution in [0.1, 0.15) is 36.0 Å². The minimum atomic E-state index is -0.881. The Bertz CT molecular complexity index is 481. The third kappa shape index (κ3) is 2.53. The number of hydrogen-bond donors (Lipinski definition) is 1. The van der Waals surface area contributed by atoms with Crippen LogP contribution in [0.2, 0.25) is 0 Å². The number of halogens is 1. The zero-order chi connectivity index (χ0) is 12.7. The lowest BCUT2D eigenvalue weighted by molar-refractivity contribution is 0.0696. The van der Waals surface area contributed by atoms with E-state index in [0.717, 1.165) is 18.2 Å². The van der Waals surface area contributed by atoms with Crippen LogP contribution in [0.15, 0.2) is 22.7 Å². The van der Waals surface area contributed by atoms with Crippen molar-refractivity contribution in [2.75, 3.05) is 11.4 Å². The van der Waals surface area contributed by atoms with E-state index in [4.69, 9.17) is 5.11 Å². The van der Waals surface area contributed by atoms with Crippen LogP contribution in [0.3, 0.4) is 0 Å². The van der Waals surface area contributed by atoms with Crippen molar-refractivity contribution in [2.45, 2.75) is 31.7 Å². The van der Waals surface area contributed by atoms with Crippen LogP contribution < -0.4 is 4.90 Å². The highest BCUT2D eigenvalue weighted by molar-refractivity contribution is 9.10. The van der Waals surface area contributed by atoms with E-state index in [0.29, 0.717) is 16.1 Å². The van der Waals surface area contributed by atoms with Gasteiger partial charge in [0.1, 0.15) is 0 Å². The van der Waals surface area contributed by atoms with E-state index in [-0.39, 0.29) is 0 Å². The number of rotatable bonds is 5. The predicted molar refractivity (Wildman–Crippen MR) is 74.2 cm³/mol. The molecule has 0 radical (unpaired) electrons. The molecule has 0 saturated heterocycles. The molecule has 2 saturated carbocycles. The summed E-state index contributed by atoms with van der Waals surface area (Å²) in [5, 5.41) is 9.03. The molecule has 1 N–H and O–H groups in total. The van der Waals surface area contributed by atoms with E-state index >= 15 is 0 Å². The first kappa shape index (κ1) is 12.0. The molecule has 18 heavy (non-hydrogen) atoms. The van der Waals surface area contributed by atoms with Gasteiger partial charge in [-0.05, 0) is 65.7 Å². The van der Waals surface area contributed by atoms with Crippen molar-refractivity contribution in [3.8, 4) is 0 Å². The summed E-state index contributed by atoms with van der Waals surface area (Å²) >= 11 is 3.36. The summed E-state index contributed by atoms with van der Waals surface area (Å²) in [5.74, 6) is -0.0304. The van der Waals surface area contributed by atoms with Crippen LogP contribution in [-0.2, 0) is 0 Å². The quantitative estimate of drug-likeness (QED) is 0.904. The molecule has 0 atom stereocenters. The predicted octanol–water partition coefficient (Wildman–Crippen LogP) is 3.53. The standard InChI is InChI=1S/C14H16BrNO2/c15-13-7-11(5-6-12(13)14(17)18)16(10-3-4-10)8-9-1-2-9/h5-7,9-10H,1-4,8H2,(H,17,18). The largest absolute Gasteiger partial charge is 0.478 e. The Kier molecular flexibility index (Phi) is 3.06. The van der Waals surface area contributed by atoms with E-state index in [2.05, 4.69) is 20.8 Å². The van der Waals surface area contributed by atoms with E-state index in [1.54, 1.807) is 6.07 Å². The number of carboxylic acids is 1. The molecular formula is C14H16BrNO2. The van der Waals surface area contributed by atoms with E-state index < -0.39 is 5.97 Å². The normalized spacial score (nSPS) is 18.7. The smallest absolute Gasteiger partial charge is 0.336 e. The zero-order valence-electron chi connectivity index (χ0n) is 10.1. The number of hydrogen-bond acceptors (Lipinski definition) is 2. The van der Waals surface area contributed by atoms with Crippen LogP contribution in [0.5, 0.6) is 0 Å². The van der Waals surface area contributed by atoms with Gasteiger partial charge in [0.25, 0.3) is 0 Å².